The normalized spacial score (nSPS) is 28.5. The van der Waals surface area contributed by atoms with Crippen LogP contribution >= 0.6 is 0 Å². The zero-order valence-electron chi connectivity index (χ0n) is 23.0. The highest BCUT2D eigenvalue weighted by Gasteiger charge is 2.42. The summed E-state index contributed by atoms with van der Waals surface area (Å²) in [5.41, 5.74) is -0.754. The van der Waals surface area contributed by atoms with Crippen LogP contribution in [0.4, 0.5) is 4.79 Å². The van der Waals surface area contributed by atoms with Gasteiger partial charge in [0.25, 0.3) is 0 Å². The maximum Gasteiger partial charge on any atom is 0.315 e. The maximum atomic E-state index is 13.5. The number of hydrogen-bond donors (Lipinski definition) is 4. The first-order valence-electron chi connectivity index (χ1n) is 14.5. The number of likely N-dealkylation sites (tertiary alicyclic amines) is 1. The third kappa shape index (κ3) is 8.69. The van der Waals surface area contributed by atoms with E-state index in [4.69, 9.17) is 5.11 Å². The summed E-state index contributed by atoms with van der Waals surface area (Å²) in [7, 11) is 0. The smallest absolute Gasteiger partial charge is 0.315 e. The van der Waals surface area contributed by atoms with Gasteiger partial charge in [-0.2, -0.15) is 0 Å². The molecule has 37 heavy (non-hydrogen) atoms. The predicted octanol–water partition coefficient (Wildman–Crippen LogP) is 3.75. The summed E-state index contributed by atoms with van der Waals surface area (Å²) >= 11 is 0. The van der Waals surface area contributed by atoms with Crippen molar-refractivity contribution in [3.8, 4) is 0 Å². The third-order valence-electron chi connectivity index (χ3n) is 8.58. The van der Waals surface area contributed by atoms with E-state index in [-0.39, 0.29) is 48.7 Å². The summed E-state index contributed by atoms with van der Waals surface area (Å²) in [6, 6.07) is 0.142. The van der Waals surface area contributed by atoms with E-state index >= 15 is 0 Å². The van der Waals surface area contributed by atoms with Gasteiger partial charge in [-0.05, 0) is 84.0 Å². The molecular formula is C28H48N4O5. The Morgan fingerprint density at radius 3 is 2.16 bits per heavy atom. The average Bonchev–Trinajstić information content (AvgIpc) is 3.33. The Labute approximate surface area is 221 Å². The Kier molecular flexibility index (Phi) is 10.8. The first-order valence-corrected chi connectivity index (χ1v) is 14.5. The molecule has 1 saturated heterocycles. The minimum atomic E-state index is -0.850. The summed E-state index contributed by atoms with van der Waals surface area (Å²) in [5, 5.41) is 18.7. The van der Waals surface area contributed by atoms with Gasteiger partial charge in [-0.15, -0.1) is 0 Å². The van der Waals surface area contributed by atoms with Crippen LogP contribution in [0.3, 0.4) is 0 Å². The Morgan fingerprint density at radius 2 is 1.49 bits per heavy atom. The van der Waals surface area contributed by atoms with Crippen LogP contribution in [0.2, 0.25) is 0 Å². The van der Waals surface area contributed by atoms with Gasteiger partial charge in [-0.1, -0.05) is 19.8 Å². The lowest BCUT2D eigenvalue weighted by atomic mass is 9.85. The van der Waals surface area contributed by atoms with Gasteiger partial charge >= 0.3 is 12.0 Å². The summed E-state index contributed by atoms with van der Waals surface area (Å²) in [5.74, 6) is -0.325. The van der Waals surface area contributed by atoms with Crippen molar-refractivity contribution in [2.24, 2.45) is 5.92 Å². The molecule has 0 aromatic rings. The number of nitrogens with zero attached hydrogens (tertiary/aromatic N) is 1. The summed E-state index contributed by atoms with van der Waals surface area (Å²) < 4.78 is 0. The lowest BCUT2D eigenvalue weighted by Crippen LogP contribution is -2.59. The van der Waals surface area contributed by atoms with Crippen molar-refractivity contribution in [2.45, 2.75) is 140 Å². The second-order valence-electron chi connectivity index (χ2n) is 12.0. The number of carboxylic acid groups (broad SMARTS) is 1. The number of aliphatic carboxylic acids is 1. The number of rotatable bonds is 11. The van der Waals surface area contributed by atoms with E-state index in [0.717, 1.165) is 38.5 Å². The minimum Gasteiger partial charge on any atom is -0.481 e. The first kappa shape index (κ1) is 29.4. The number of carbonyl (C=O) groups excluding carboxylic acids is 3. The molecule has 0 spiro atoms. The Morgan fingerprint density at radius 1 is 0.838 bits per heavy atom. The highest BCUT2D eigenvalue weighted by Crippen LogP contribution is 2.27. The second kappa shape index (κ2) is 13.6. The molecule has 0 radical (unpaired) electrons. The van der Waals surface area contributed by atoms with Crippen molar-refractivity contribution >= 4 is 23.7 Å². The molecule has 0 aromatic carbocycles. The summed E-state index contributed by atoms with van der Waals surface area (Å²) in [6.07, 6.45) is 11.0. The molecule has 1 heterocycles. The number of ketones is 1. The van der Waals surface area contributed by atoms with Crippen molar-refractivity contribution in [1.82, 2.24) is 20.9 Å². The van der Waals surface area contributed by atoms with Crippen LogP contribution in [-0.2, 0) is 14.4 Å². The molecule has 2 unspecified atom stereocenters. The fourth-order valence-corrected chi connectivity index (χ4v) is 6.34. The van der Waals surface area contributed by atoms with Crippen molar-refractivity contribution in [3.05, 3.63) is 0 Å². The Hall–Kier alpha value is -2.16. The highest BCUT2D eigenvalue weighted by atomic mass is 16.4. The van der Waals surface area contributed by atoms with Gasteiger partial charge in [0, 0.05) is 37.5 Å². The molecule has 210 valence electrons. The molecule has 3 amide bonds. The predicted molar refractivity (Wildman–Crippen MR) is 142 cm³/mol. The number of hydrogen-bond acceptors (Lipinski definition) is 5. The number of Topliss-reactive ketones (excluding diaryl/α,β-unsaturated/α-hetero) is 1. The Bertz CT molecular complexity index is 808. The number of nitrogens with one attached hydrogen (secondary N) is 3. The zero-order valence-corrected chi connectivity index (χ0v) is 23.0. The lowest BCUT2D eigenvalue weighted by molar-refractivity contribution is -0.140. The second-order valence-corrected chi connectivity index (χ2v) is 12.0. The van der Waals surface area contributed by atoms with E-state index in [1.165, 1.54) is 19.3 Å². The monoisotopic (exact) mass is 520 g/mol. The highest BCUT2D eigenvalue weighted by molar-refractivity contribution is 5.95. The number of urea groups is 1. The zero-order chi connectivity index (χ0) is 27.0. The van der Waals surface area contributed by atoms with Crippen LogP contribution in [0.5, 0.6) is 0 Å². The third-order valence-corrected chi connectivity index (χ3v) is 8.58. The van der Waals surface area contributed by atoms with Crippen molar-refractivity contribution in [1.29, 1.82) is 0 Å². The van der Waals surface area contributed by atoms with Gasteiger partial charge < -0.3 is 26.0 Å². The average molecular weight is 521 g/mol. The maximum absolute atomic E-state index is 13.5. The van der Waals surface area contributed by atoms with Crippen molar-refractivity contribution in [2.75, 3.05) is 6.54 Å². The van der Waals surface area contributed by atoms with Crippen molar-refractivity contribution < 1.29 is 24.3 Å². The van der Waals surface area contributed by atoms with Gasteiger partial charge in [0.1, 0.15) is 0 Å². The number of carbonyl (C=O) groups is 4. The largest absolute Gasteiger partial charge is 0.481 e. The van der Waals surface area contributed by atoms with Crippen molar-refractivity contribution in [3.63, 3.8) is 0 Å². The summed E-state index contributed by atoms with van der Waals surface area (Å²) in [6.45, 7) is 6.62. The molecule has 0 aromatic heterocycles. The number of amides is 3. The van der Waals surface area contributed by atoms with E-state index in [2.05, 4.69) is 22.9 Å². The van der Waals surface area contributed by atoms with Gasteiger partial charge in [0.2, 0.25) is 5.91 Å². The van der Waals surface area contributed by atoms with E-state index < -0.39 is 17.6 Å². The van der Waals surface area contributed by atoms with Gasteiger partial charge in [-0.25, -0.2) is 4.79 Å². The molecule has 2 aliphatic carbocycles. The van der Waals surface area contributed by atoms with Gasteiger partial charge in [-0.3, -0.25) is 14.4 Å². The molecule has 9 heteroatoms. The number of unbranched alkanes of at least 4 members (excludes halogenated alkanes) is 1. The lowest BCUT2D eigenvalue weighted by Gasteiger charge is -2.38. The molecule has 3 atom stereocenters. The van der Waals surface area contributed by atoms with E-state index in [1.54, 1.807) is 4.90 Å². The van der Waals surface area contributed by atoms with Crippen LogP contribution in [0.15, 0.2) is 0 Å². The van der Waals surface area contributed by atoms with E-state index in [1.807, 2.05) is 13.8 Å². The molecule has 1 aliphatic heterocycles. The van der Waals surface area contributed by atoms with Crippen LogP contribution < -0.4 is 16.0 Å². The fourth-order valence-electron chi connectivity index (χ4n) is 6.34. The Balaban J connectivity index is 1.42. The molecule has 4 N–H and O–H groups in total. The number of carboxylic acids is 1. The van der Waals surface area contributed by atoms with Crippen LogP contribution in [0, 0.1) is 5.92 Å². The molecule has 3 aliphatic rings. The first-order chi connectivity index (χ1) is 17.6. The van der Waals surface area contributed by atoms with Gasteiger partial charge in [0.15, 0.2) is 5.78 Å². The van der Waals surface area contributed by atoms with E-state index in [9.17, 15) is 19.2 Å². The summed E-state index contributed by atoms with van der Waals surface area (Å²) in [4.78, 5) is 51.2. The molecule has 2 saturated carbocycles. The van der Waals surface area contributed by atoms with Crippen LogP contribution in [0.25, 0.3) is 0 Å². The molecule has 9 nitrogen and oxygen atoms in total. The quantitative estimate of drug-likeness (QED) is 0.307. The fraction of sp³-hybridized carbons (Fsp3) is 0.857. The molecule has 3 rings (SSSR count). The van der Waals surface area contributed by atoms with E-state index in [0.29, 0.717) is 31.7 Å². The standard InChI is InChI=1S/C28H48N4O5/c1-19-9-4-5-10-22(19)30-27(37)29-20-14-16-21(17-15-20)31-28(2,3)26(36)23-11-8-18-32(23)24(33)12-6-7-13-25(34)35/h19-23,31H,4-18H2,1-3H3,(H,34,35)(H2,29,30,37)/t19?,20?,21?,22?,23-/m0/s1. The molecule has 0 bridgehead atoms. The van der Waals surface area contributed by atoms with Gasteiger partial charge in [0.05, 0.1) is 11.6 Å². The molecule has 3 fully saturated rings. The topological polar surface area (TPSA) is 128 Å². The minimum absolute atomic E-state index is 0.0464. The van der Waals surface area contributed by atoms with Crippen LogP contribution in [0.1, 0.15) is 111 Å². The SMILES string of the molecule is CC1CCCCC1NC(=O)NC1CCC(NC(C)(C)C(=O)[C@@H]2CCCN2C(=O)CCCCC(=O)O)CC1. The van der Waals surface area contributed by atoms with Crippen LogP contribution in [-0.4, -0.2) is 69.9 Å². The molecular weight excluding hydrogens is 472 g/mol.